The summed E-state index contributed by atoms with van der Waals surface area (Å²) in [5, 5.41) is 3.99. The number of benzene rings is 3. The number of rotatable bonds is 8. The van der Waals surface area contributed by atoms with Crippen molar-refractivity contribution < 1.29 is 28.5 Å². The van der Waals surface area contributed by atoms with Crippen LogP contribution in [0.2, 0.25) is 0 Å². The molecule has 30 heavy (non-hydrogen) atoms. The fourth-order valence-electron chi connectivity index (χ4n) is 2.68. The van der Waals surface area contributed by atoms with E-state index in [1.165, 1.54) is 0 Å². The molecule has 0 unspecified atom stereocenters. The molecular formula is C24H22O6. The number of hydrogen-bond acceptors (Lipinski definition) is 6. The largest absolute Gasteiger partial charge is 0.457 e. The maximum Gasteiger partial charge on any atom is 0.335 e. The highest BCUT2D eigenvalue weighted by atomic mass is 16.7. The van der Waals surface area contributed by atoms with Crippen molar-refractivity contribution in [2.24, 2.45) is 0 Å². The lowest BCUT2D eigenvalue weighted by atomic mass is 10.0. The molecule has 0 saturated heterocycles. The maximum absolute atomic E-state index is 11.4. The summed E-state index contributed by atoms with van der Waals surface area (Å²) < 4.78 is 20.9. The van der Waals surface area contributed by atoms with Crippen molar-refractivity contribution in [2.45, 2.75) is 13.8 Å². The zero-order valence-electron chi connectivity index (χ0n) is 16.9. The van der Waals surface area contributed by atoms with Gasteiger partial charge in [0.1, 0.15) is 11.5 Å². The van der Waals surface area contributed by atoms with Crippen LogP contribution in [0.5, 0.6) is 11.5 Å². The third kappa shape index (κ3) is 5.17. The van der Waals surface area contributed by atoms with Gasteiger partial charge in [0.2, 0.25) is 13.6 Å². The Hall–Kier alpha value is -3.80. The van der Waals surface area contributed by atoms with Crippen LogP contribution < -0.4 is 9.47 Å². The van der Waals surface area contributed by atoms with Crippen LogP contribution >= 0.6 is 0 Å². The fraction of sp³-hybridized carbons (Fsp3) is 0.167. The van der Waals surface area contributed by atoms with Crippen molar-refractivity contribution in [1.82, 2.24) is 0 Å². The maximum atomic E-state index is 11.4. The first-order valence-corrected chi connectivity index (χ1v) is 9.22. The molecule has 0 atom stereocenters. The van der Waals surface area contributed by atoms with E-state index >= 15 is 0 Å². The SMILES string of the molecule is C=C(C)C(=O)OCOc1ccc2cc3cc(OCOC(=O)C(=C)C)ccc3cc2c1. The summed E-state index contributed by atoms with van der Waals surface area (Å²) in [4.78, 5) is 22.8. The van der Waals surface area contributed by atoms with Gasteiger partial charge in [-0.05, 0) is 71.8 Å². The van der Waals surface area contributed by atoms with Gasteiger partial charge in [-0.15, -0.1) is 0 Å². The predicted octanol–water partition coefficient (Wildman–Crippen LogP) is 4.90. The van der Waals surface area contributed by atoms with E-state index in [1.54, 1.807) is 26.0 Å². The number of carbonyl (C=O) groups is 2. The van der Waals surface area contributed by atoms with E-state index in [0.29, 0.717) is 22.6 Å². The minimum atomic E-state index is -0.491. The second kappa shape index (κ2) is 9.13. The molecule has 0 aromatic heterocycles. The van der Waals surface area contributed by atoms with E-state index in [0.717, 1.165) is 21.5 Å². The Balaban J connectivity index is 1.71. The highest BCUT2D eigenvalue weighted by Gasteiger charge is 2.06. The van der Waals surface area contributed by atoms with Crippen LogP contribution in [0.25, 0.3) is 21.5 Å². The van der Waals surface area contributed by atoms with Crippen LogP contribution in [0.1, 0.15) is 13.8 Å². The zero-order valence-corrected chi connectivity index (χ0v) is 16.9. The van der Waals surface area contributed by atoms with Gasteiger partial charge in [-0.2, -0.15) is 0 Å². The number of esters is 2. The first-order valence-electron chi connectivity index (χ1n) is 9.22. The lowest BCUT2D eigenvalue weighted by Crippen LogP contribution is -2.10. The van der Waals surface area contributed by atoms with Gasteiger partial charge in [0.05, 0.1) is 0 Å². The van der Waals surface area contributed by atoms with Gasteiger partial charge in [0.25, 0.3) is 0 Å². The quantitative estimate of drug-likeness (QED) is 0.229. The Morgan fingerprint density at radius 2 is 1.07 bits per heavy atom. The van der Waals surface area contributed by atoms with Crippen molar-refractivity contribution >= 4 is 33.5 Å². The molecule has 0 amide bonds. The number of fused-ring (bicyclic) bond motifs is 2. The second-order valence-corrected chi connectivity index (χ2v) is 6.82. The second-order valence-electron chi connectivity index (χ2n) is 6.82. The van der Waals surface area contributed by atoms with Crippen molar-refractivity contribution in [3.05, 3.63) is 72.8 Å². The van der Waals surface area contributed by atoms with E-state index in [9.17, 15) is 9.59 Å². The van der Waals surface area contributed by atoms with Gasteiger partial charge in [0.15, 0.2) is 0 Å². The molecule has 0 aliphatic rings. The Labute approximate surface area is 174 Å². The summed E-state index contributed by atoms with van der Waals surface area (Å²) in [6, 6.07) is 15.3. The van der Waals surface area contributed by atoms with Gasteiger partial charge in [-0.25, -0.2) is 9.59 Å². The third-order valence-electron chi connectivity index (χ3n) is 4.27. The van der Waals surface area contributed by atoms with E-state index in [-0.39, 0.29) is 13.6 Å². The first-order chi connectivity index (χ1) is 14.3. The standard InChI is InChI=1S/C24H22O6/c1-15(2)23(25)29-13-27-21-7-5-17-10-20-12-22(28-14-30-24(26)16(3)4)8-6-18(20)9-19(17)11-21/h5-12H,1,3,13-14H2,2,4H3. The monoisotopic (exact) mass is 406 g/mol. The van der Waals surface area contributed by atoms with Gasteiger partial charge in [0, 0.05) is 11.1 Å². The predicted molar refractivity (Wildman–Crippen MR) is 114 cm³/mol. The van der Waals surface area contributed by atoms with Crippen molar-refractivity contribution in [1.29, 1.82) is 0 Å². The molecule has 0 spiro atoms. The summed E-state index contributed by atoms with van der Waals surface area (Å²) in [6.07, 6.45) is 0. The van der Waals surface area contributed by atoms with E-state index in [4.69, 9.17) is 18.9 Å². The number of ether oxygens (including phenoxy) is 4. The lowest BCUT2D eigenvalue weighted by molar-refractivity contribution is -0.146. The molecule has 0 bridgehead atoms. The molecule has 3 rings (SSSR count). The average molecular weight is 406 g/mol. The molecule has 0 aliphatic carbocycles. The Kier molecular flexibility index (Phi) is 6.37. The van der Waals surface area contributed by atoms with Crippen LogP contribution in [0, 0.1) is 0 Å². The summed E-state index contributed by atoms with van der Waals surface area (Å²) in [5.74, 6) is 0.203. The fourth-order valence-corrected chi connectivity index (χ4v) is 2.68. The third-order valence-corrected chi connectivity index (χ3v) is 4.27. The van der Waals surface area contributed by atoms with Crippen molar-refractivity contribution in [2.75, 3.05) is 13.6 Å². The van der Waals surface area contributed by atoms with E-state index in [2.05, 4.69) is 13.2 Å². The van der Waals surface area contributed by atoms with Gasteiger partial charge in [-0.1, -0.05) is 25.3 Å². The van der Waals surface area contributed by atoms with Crippen LogP contribution in [0.3, 0.4) is 0 Å². The molecule has 6 heteroatoms. The highest BCUT2D eigenvalue weighted by Crippen LogP contribution is 2.28. The minimum Gasteiger partial charge on any atom is -0.457 e. The van der Waals surface area contributed by atoms with Crippen LogP contribution in [0.4, 0.5) is 0 Å². The molecular weight excluding hydrogens is 384 g/mol. The van der Waals surface area contributed by atoms with Crippen molar-refractivity contribution in [3.8, 4) is 11.5 Å². The average Bonchev–Trinajstić information content (AvgIpc) is 2.71. The molecule has 0 N–H and O–H groups in total. The number of carbonyl (C=O) groups excluding carboxylic acids is 2. The Bertz CT molecular complexity index is 1050. The van der Waals surface area contributed by atoms with E-state index < -0.39 is 11.9 Å². The van der Waals surface area contributed by atoms with E-state index in [1.807, 2.05) is 36.4 Å². The molecule has 3 aromatic carbocycles. The van der Waals surface area contributed by atoms with Gasteiger partial charge in [-0.3, -0.25) is 0 Å². The smallest absolute Gasteiger partial charge is 0.335 e. The van der Waals surface area contributed by atoms with Crippen molar-refractivity contribution in [3.63, 3.8) is 0 Å². The first kappa shape index (κ1) is 20.9. The normalized spacial score (nSPS) is 10.5. The zero-order chi connectivity index (χ0) is 21.7. The molecule has 0 fully saturated rings. The summed E-state index contributed by atoms with van der Waals surface area (Å²) >= 11 is 0. The molecule has 0 saturated carbocycles. The number of hydrogen-bond donors (Lipinski definition) is 0. The van der Waals surface area contributed by atoms with Crippen LogP contribution in [-0.2, 0) is 19.1 Å². The molecule has 6 nitrogen and oxygen atoms in total. The molecule has 3 aromatic rings. The Morgan fingerprint density at radius 3 is 1.43 bits per heavy atom. The molecule has 0 heterocycles. The molecule has 154 valence electrons. The lowest BCUT2D eigenvalue weighted by Gasteiger charge is -2.10. The summed E-state index contributed by atoms with van der Waals surface area (Å²) in [6.45, 7) is 9.84. The van der Waals surface area contributed by atoms with Crippen LogP contribution in [0.15, 0.2) is 72.8 Å². The van der Waals surface area contributed by atoms with Crippen LogP contribution in [-0.4, -0.2) is 25.5 Å². The Morgan fingerprint density at radius 1 is 0.667 bits per heavy atom. The summed E-state index contributed by atoms with van der Waals surface area (Å²) in [7, 11) is 0. The van der Waals surface area contributed by atoms with Gasteiger partial charge >= 0.3 is 11.9 Å². The minimum absolute atomic E-state index is 0.179. The molecule has 0 radical (unpaired) electrons. The molecule has 0 aliphatic heterocycles. The highest BCUT2D eigenvalue weighted by molar-refractivity contribution is 5.99. The summed E-state index contributed by atoms with van der Waals surface area (Å²) in [5.41, 5.74) is 0.641. The topological polar surface area (TPSA) is 71.1 Å². The van der Waals surface area contributed by atoms with Gasteiger partial charge < -0.3 is 18.9 Å².